The number of aliphatic hydroxyl groups is 2. The van der Waals surface area contributed by atoms with Gasteiger partial charge in [-0.2, -0.15) is 0 Å². The number of para-hydroxylation sites is 2. The van der Waals surface area contributed by atoms with E-state index in [9.17, 15) is 29.4 Å². The first-order valence-corrected chi connectivity index (χ1v) is 18.9. The van der Waals surface area contributed by atoms with Crippen LogP contribution in [0.15, 0.2) is 60.7 Å². The predicted octanol–water partition coefficient (Wildman–Crippen LogP) is 6.59. The summed E-state index contributed by atoms with van der Waals surface area (Å²) in [5.41, 5.74) is -2.46. The van der Waals surface area contributed by atoms with Crippen molar-refractivity contribution in [1.29, 1.82) is 0 Å². The van der Waals surface area contributed by atoms with Crippen molar-refractivity contribution in [2.24, 2.45) is 11.8 Å². The molecule has 0 fully saturated rings. The van der Waals surface area contributed by atoms with Crippen molar-refractivity contribution >= 4 is 35.1 Å². The maximum atomic E-state index is 14.4. The van der Waals surface area contributed by atoms with Gasteiger partial charge in [0.25, 0.3) is 11.8 Å². The number of rotatable bonds is 14. The summed E-state index contributed by atoms with van der Waals surface area (Å²) < 4.78 is 11.5. The van der Waals surface area contributed by atoms with Crippen LogP contribution in [0.3, 0.4) is 0 Å². The number of carbonyl (C=O) groups is 4. The molecule has 6 unspecified atom stereocenters. The molecule has 10 heteroatoms. The molecule has 0 bridgehead atoms. The monoisotopic (exact) mass is 708 g/mol. The molecule has 3 aromatic carbocycles. The van der Waals surface area contributed by atoms with Gasteiger partial charge in [-0.05, 0) is 48.9 Å². The normalized spacial score (nSPS) is 25.5. The zero-order valence-electron chi connectivity index (χ0n) is 30.4. The van der Waals surface area contributed by atoms with Gasteiger partial charge in [-0.3, -0.25) is 19.2 Å². The van der Waals surface area contributed by atoms with Gasteiger partial charge in [0, 0.05) is 35.3 Å². The fourth-order valence-electron chi connectivity index (χ4n) is 8.79. The number of amides is 2. The lowest BCUT2D eigenvalue weighted by molar-refractivity contribution is -0.150. The lowest BCUT2D eigenvalue weighted by atomic mass is 9.76. The minimum Gasteiger partial charge on any atom is -0.426 e. The third kappa shape index (κ3) is 5.36. The molecule has 4 heterocycles. The Balaban J connectivity index is 1.26. The second-order valence-corrected chi connectivity index (χ2v) is 14.9. The van der Waals surface area contributed by atoms with E-state index >= 15 is 0 Å². The predicted molar refractivity (Wildman–Crippen MR) is 195 cm³/mol. The Bertz CT molecular complexity index is 1790. The largest absolute Gasteiger partial charge is 0.426 e. The minimum absolute atomic E-state index is 0.0355. The highest BCUT2D eigenvalue weighted by Crippen LogP contribution is 2.58. The average molecular weight is 709 g/mol. The molecule has 4 aliphatic heterocycles. The van der Waals surface area contributed by atoms with Crippen LogP contribution < -0.4 is 19.3 Å². The van der Waals surface area contributed by atoms with Crippen LogP contribution in [-0.4, -0.2) is 47.1 Å². The highest BCUT2D eigenvalue weighted by atomic mass is 16.6. The first kappa shape index (κ1) is 35.8. The Hall–Kier alpha value is -4.54. The van der Waals surface area contributed by atoms with E-state index < -0.39 is 46.8 Å². The van der Waals surface area contributed by atoms with Crippen molar-refractivity contribution in [2.45, 2.75) is 102 Å². The van der Waals surface area contributed by atoms with Gasteiger partial charge in [-0.15, -0.1) is 0 Å². The molecule has 0 spiro atoms. The summed E-state index contributed by atoms with van der Waals surface area (Å²) in [6.45, 7) is 9.21. The summed E-state index contributed by atoms with van der Waals surface area (Å²) in [4.78, 5) is 59.5. The van der Waals surface area contributed by atoms with Gasteiger partial charge >= 0.3 is 11.9 Å². The molecule has 7 rings (SSSR count). The number of hydrogen-bond acceptors (Lipinski definition) is 8. The van der Waals surface area contributed by atoms with E-state index in [0.717, 1.165) is 51.4 Å². The van der Waals surface area contributed by atoms with E-state index in [-0.39, 0.29) is 34.5 Å². The van der Waals surface area contributed by atoms with E-state index in [2.05, 4.69) is 27.7 Å². The fraction of sp³-hybridized carbons (Fsp3) is 0.476. The van der Waals surface area contributed by atoms with Crippen molar-refractivity contribution in [3.63, 3.8) is 0 Å². The van der Waals surface area contributed by atoms with Crippen molar-refractivity contribution in [3.8, 4) is 11.5 Å². The van der Waals surface area contributed by atoms with Crippen LogP contribution in [0.4, 0.5) is 11.4 Å². The Morgan fingerprint density at radius 3 is 1.38 bits per heavy atom. The lowest BCUT2D eigenvalue weighted by Crippen LogP contribution is -2.47. The smallest absolute Gasteiger partial charge is 0.322 e. The highest BCUT2D eigenvalue weighted by molar-refractivity contribution is 6.12. The van der Waals surface area contributed by atoms with Gasteiger partial charge in [-0.25, -0.2) is 0 Å². The summed E-state index contributed by atoms with van der Waals surface area (Å²) in [5, 5.41) is 24.9. The summed E-state index contributed by atoms with van der Waals surface area (Å²) in [6, 6.07) is 16.8. The van der Waals surface area contributed by atoms with Crippen LogP contribution in [0.5, 0.6) is 11.5 Å². The summed E-state index contributed by atoms with van der Waals surface area (Å²) in [7, 11) is 0. The van der Waals surface area contributed by atoms with Gasteiger partial charge < -0.3 is 29.5 Å². The zero-order chi connectivity index (χ0) is 36.9. The number of unbranched alkanes of at least 4 members (excludes halogenated alkanes) is 2. The maximum Gasteiger partial charge on any atom is 0.322 e. The fourth-order valence-corrected chi connectivity index (χ4v) is 8.79. The minimum atomic E-state index is -2.27. The number of nitrogens with zero attached hydrogens (tertiary/aromatic N) is 2. The number of fused-ring (bicyclic) bond motifs is 4. The quantitative estimate of drug-likeness (QED) is 0.142. The molecule has 4 aliphatic rings. The second-order valence-electron chi connectivity index (χ2n) is 14.9. The van der Waals surface area contributed by atoms with Crippen LogP contribution >= 0.6 is 0 Å². The average Bonchev–Trinajstić information content (AvgIpc) is 3.79. The standard InChI is InChI=1S/C42H48N2O8/c1-5-9-15-25(7-3)23-43-31-19-13-11-17-29(31)41(49,39(43)47)35-27-21-34-28(22-33(27)51-37(35)45)36(38(46)52-34)42(50)30-18-12-14-20-32(30)44(40(42)48)24-26(8-4)16-10-6-2/h11-14,17-22,25-26,35-36,49-50H,5-10,15-16,23-24H2,1-4H3. The third-order valence-electron chi connectivity index (χ3n) is 11.8. The van der Waals surface area contributed by atoms with Crippen LogP contribution in [0, 0.1) is 11.8 Å². The molecule has 2 N–H and O–H groups in total. The number of carbonyl (C=O) groups excluding carboxylic acids is 4. The van der Waals surface area contributed by atoms with Crippen molar-refractivity contribution in [2.75, 3.05) is 22.9 Å². The van der Waals surface area contributed by atoms with Gasteiger partial charge in [0.05, 0.1) is 11.4 Å². The Morgan fingerprint density at radius 1 is 0.635 bits per heavy atom. The molecule has 52 heavy (non-hydrogen) atoms. The van der Waals surface area contributed by atoms with E-state index in [1.54, 1.807) is 58.3 Å². The number of hydrogen-bond donors (Lipinski definition) is 2. The second kappa shape index (κ2) is 13.8. The molecule has 10 nitrogen and oxygen atoms in total. The number of esters is 2. The SMILES string of the molecule is CCCCC(CC)CN1C(=O)C(O)(C2C(=O)Oc3cc4c(cc32)OC(=O)C4C2(O)C(=O)N(CC(CC)CCCC)c3ccccc32)c2ccccc21. The van der Waals surface area contributed by atoms with Gasteiger partial charge in [0.2, 0.25) is 0 Å². The molecule has 274 valence electrons. The number of benzene rings is 3. The molecule has 0 aliphatic carbocycles. The molecule has 2 amide bonds. The van der Waals surface area contributed by atoms with Gasteiger partial charge in [-0.1, -0.05) is 103 Å². The van der Waals surface area contributed by atoms with E-state index in [1.165, 1.54) is 12.1 Å². The molecular formula is C42H48N2O8. The Kier molecular flexibility index (Phi) is 9.50. The molecule has 3 aromatic rings. The molecule has 0 aromatic heterocycles. The van der Waals surface area contributed by atoms with Crippen molar-refractivity contribution < 1.29 is 38.9 Å². The topological polar surface area (TPSA) is 134 Å². The molecular weight excluding hydrogens is 660 g/mol. The first-order chi connectivity index (χ1) is 25.0. The lowest BCUT2D eigenvalue weighted by Gasteiger charge is -2.29. The molecule has 0 radical (unpaired) electrons. The van der Waals surface area contributed by atoms with Crippen molar-refractivity contribution in [3.05, 3.63) is 82.9 Å². The highest BCUT2D eigenvalue weighted by Gasteiger charge is 2.63. The third-order valence-corrected chi connectivity index (χ3v) is 11.8. The van der Waals surface area contributed by atoms with E-state index in [1.807, 2.05) is 0 Å². The molecule has 6 atom stereocenters. The number of anilines is 2. The van der Waals surface area contributed by atoms with E-state index in [4.69, 9.17) is 9.47 Å². The van der Waals surface area contributed by atoms with Crippen LogP contribution in [-0.2, 0) is 30.4 Å². The first-order valence-electron chi connectivity index (χ1n) is 18.9. The molecule has 0 saturated heterocycles. The Morgan fingerprint density at radius 2 is 1.02 bits per heavy atom. The molecule has 0 saturated carbocycles. The summed E-state index contributed by atoms with van der Waals surface area (Å²) in [5.74, 6) is -5.27. The van der Waals surface area contributed by atoms with Gasteiger partial charge in [0.15, 0.2) is 11.2 Å². The Labute approximate surface area is 304 Å². The number of ether oxygens (including phenoxy) is 2. The zero-order valence-corrected chi connectivity index (χ0v) is 30.4. The van der Waals surface area contributed by atoms with Crippen LogP contribution in [0.2, 0.25) is 0 Å². The van der Waals surface area contributed by atoms with Gasteiger partial charge in [0.1, 0.15) is 23.3 Å². The van der Waals surface area contributed by atoms with Crippen LogP contribution in [0.25, 0.3) is 0 Å². The van der Waals surface area contributed by atoms with Crippen molar-refractivity contribution in [1.82, 2.24) is 0 Å². The summed E-state index contributed by atoms with van der Waals surface area (Å²) in [6.07, 6.45) is 7.66. The van der Waals surface area contributed by atoms with Crippen LogP contribution in [0.1, 0.15) is 113 Å². The summed E-state index contributed by atoms with van der Waals surface area (Å²) >= 11 is 0. The maximum absolute atomic E-state index is 14.4. The van der Waals surface area contributed by atoms with E-state index in [0.29, 0.717) is 35.6 Å².